The van der Waals surface area contributed by atoms with Crippen molar-refractivity contribution >= 4 is 5.57 Å². The molecule has 2 aromatic carbocycles. The van der Waals surface area contributed by atoms with Crippen LogP contribution in [0.4, 0.5) is 0 Å². The summed E-state index contributed by atoms with van der Waals surface area (Å²) in [6.07, 6.45) is 6.56. The molecule has 0 saturated carbocycles. The van der Waals surface area contributed by atoms with E-state index in [0.717, 1.165) is 5.57 Å². The standard InChI is InChI=1S/C14H12.C4H4N2/c1-12(13-8-4-2-5-9-13)14-10-6-3-7-11-14;1-2-6-4-3-5-1/h2-11H,1H2;1-4H. The lowest BCUT2D eigenvalue weighted by Crippen LogP contribution is -1.84. The van der Waals surface area contributed by atoms with E-state index in [1.165, 1.54) is 11.1 Å². The fourth-order valence-electron chi connectivity index (χ4n) is 1.70. The number of aromatic nitrogens is 2. The predicted molar refractivity (Wildman–Crippen MR) is 83.1 cm³/mol. The summed E-state index contributed by atoms with van der Waals surface area (Å²) in [5.74, 6) is 0. The van der Waals surface area contributed by atoms with Gasteiger partial charge >= 0.3 is 0 Å². The summed E-state index contributed by atoms with van der Waals surface area (Å²) in [4.78, 5) is 7.44. The van der Waals surface area contributed by atoms with Crippen LogP contribution in [0.25, 0.3) is 5.57 Å². The van der Waals surface area contributed by atoms with Crippen molar-refractivity contribution in [3.63, 3.8) is 0 Å². The number of hydrogen-bond donors (Lipinski definition) is 0. The minimum Gasteiger partial charge on any atom is -0.262 e. The summed E-state index contributed by atoms with van der Waals surface area (Å²) < 4.78 is 0. The van der Waals surface area contributed by atoms with Crippen LogP contribution in [-0.4, -0.2) is 9.97 Å². The van der Waals surface area contributed by atoms with Crippen LogP contribution in [0.15, 0.2) is 92.0 Å². The van der Waals surface area contributed by atoms with Crippen LogP contribution in [0.3, 0.4) is 0 Å². The van der Waals surface area contributed by atoms with Crippen molar-refractivity contribution in [1.29, 1.82) is 0 Å². The summed E-state index contributed by atoms with van der Waals surface area (Å²) >= 11 is 0. The monoisotopic (exact) mass is 260 g/mol. The van der Waals surface area contributed by atoms with E-state index in [9.17, 15) is 0 Å². The highest BCUT2D eigenvalue weighted by Crippen LogP contribution is 2.20. The van der Waals surface area contributed by atoms with E-state index in [1.54, 1.807) is 24.8 Å². The molecule has 98 valence electrons. The van der Waals surface area contributed by atoms with Crippen molar-refractivity contribution in [3.05, 3.63) is 103 Å². The highest BCUT2D eigenvalue weighted by molar-refractivity contribution is 5.77. The Balaban J connectivity index is 0.000000205. The molecule has 0 aliphatic carbocycles. The number of benzene rings is 2. The van der Waals surface area contributed by atoms with Gasteiger partial charge in [0.25, 0.3) is 0 Å². The highest BCUT2D eigenvalue weighted by Gasteiger charge is 1.99. The molecule has 0 amide bonds. The zero-order chi connectivity index (χ0) is 14.0. The molecule has 0 aliphatic heterocycles. The van der Waals surface area contributed by atoms with E-state index < -0.39 is 0 Å². The lowest BCUT2D eigenvalue weighted by Gasteiger charge is -2.04. The number of nitrogens with zero attached hydrogens (tertiary/aromatic N) is 2. The van der Waals surface area contributed by atoms with Gasteiger partial charge in [-0.3, -0.25) is 9.97 Å². The normalized spacial score (nSPS) is 9.20. The zero-order valence-electron chi connectivity index (χ0n) is 11.2. The van der Waals surface area contributed by atoms with Crippen molar-refractivity contribution in [2.24, 2.45) is 0 Å². The van der Waals surface area contributed by atoms with Crippen molar-refractivity contribution in [3.8, 4) is 0 Å². The summed E-state index contributed by atoms with van der Waals surface area (Å²) in [5.41, 5.74) is 3.43. The summed E-state index contributed by atoms with van der Waals surface area (Å²) in [6.45, 7) is 4.10. The van der Waals surface area contributed by atoms with Gasteiger partial charge in [-0.25, -0.2) is 0 Å². The van der Waals surface area contributed by atoms with Gasteiger partial charge in [0.05, 0.1) is 0 Å². The quantitative estimate of drug-likeness (QED) is 0.689. The van der Waals surface area contributed by atoms with Gasteiger partial charge in [0.15, 0.2) is 0 Å². The van der Waals surface area contributed by atoms with Crippen LogP contribution in [0, 0.1) is 0 Å². The Labute approximate surface area is 119 Å². The average molecular weight is 260 g/mol. The Morgan fingerprint density at radius 3 is 1.25 bits per heavy atom. The first kappa shape index (κ1) is 13.7. The maximum Gasteiger partial charge on any atom is 0.0451 e. The minimum absolute atomic E-state index is 1.08. The molecular weight excluding hydrogens is 244 g/mol. The van der Waals surface area contributed by atoms with E-state index >= 15 is 0 Å². The fourth-order valence-corrected chi connectivity index (χ4v) is 1.70. The minimum atomic E-state index is 1.08. The SMILES string of the molecule is C=C(c1ccccc1)c1ccccc1.c1cnccn1. The molecule has 0 N–H and O–H groups in total. The fraction of sp³-hybridized carbons (Fsp3) is 0. The third-order valence-corrected chi connectivity index (χ3v) is 2.72. The van der Waals surface area contributed by atoms with Crippen molar-refractivity contribution in [1.82, 2.24) is 9.97 Å². The smallest absolute Gasteiger partial charge is 0.0451 e. The second-order valence-corrected chi connectivity index (χ2v) is 4.11. The molecule has 3 rings (SSSR count). The molecule has 0 fully saturated rings. The summed E-state index contributed by atoms with van der Waals surface area (Å²) in [6, 6.07) is 20.5. The first-order valence-electron chi connectivity index (χ1n) is 6.37. The van der Waals surface area contributed by atoms with Crippen molar-refractivity contribution in [2.75, 3.05) is 0 Å². The Morgan fingerprint density at radius 2 is 0.950 bits per heavy atom. The lowest BCUT2D eigenvalue weighted by atomic mass is 10.0. The third-order valence-electron chi connectivity index (χ3n) is 2.72. The summed E-state index contributed by atoms with van der Waals surface area (Å²) in [7, 11) is 0. The van der Waals surface area contributed by atoms with E-state index in [-0.39, 0.29) is 0 Å². The molecule has 0 saturated heterocycles. The van der Waals surface area contributed by atoms with Crippen LogP contribution < -0.4 is 0 Å². The van der Waals surface area contributed by atoms with Crippen LogP contribution in [0.2, 0.25) is 0 Å². The molecule has 3 aromatic rings. The van der Waals surface area contributed by atoms with Gasteiger partial charge in [-0.1, -0.05) is 67.2 Å². The zero-order valence-corrected chi connectivity index (χ0v) is 11.2. The third kappa shape index (κ3) is 4.18. The Hall–Kier alpha value is -2.74. The number of rotatable bonds is 2. The van der Waals surface area contributed by atoms with Gasteiger partial charge in [0, 0.05) is 24.8 Å². The molecule has 0 atom stereocenters. The largest absolute Gasteiger partial charge is 0.262 e. The van der Waals surface area contributed by atoms with Crippen LogP contribution in [0.1, 0.15) is 11.1 Å². The van der Waals surface area contributed by atoms with Gasteiger partial charge in [-0.2, -0.15) is 0 Å². The molecule has 20 heavy (non-hydrogen) atoms. The van der Waals surface area contributed by atoms with E-state index in [1.807, 2.05) is 36.4 Å². The first-order valence-corrected chi connectivity index (χ1v) is 6.37. The average Bonchev–Trinajstić information content (AvgIpc) is 2.58. The lowest BCUT2D eigenvalue weighted by molar-refractivity contribution is 1.20. The Morgan fingerprint density at radius 1 is 0.600 bits per heavy atom. The second kappa shape index (κ2) is 7.64. The highest BCUT2D eigenvalue weighted by atomic mass is 14.7. The first-order chi connectivity index (χ1) is 9.88. The van der Waals surface area contributed by atoms with Crippen LogP contribution in [0.5, 0.6) is 0 Å². The molecule has 2 nitrogen and oxygen atoms in total. The van der Waals surface area contributed by atoms with Gasteiger partial charge in [0.1, 0.15) is 0 Å². The maximum atomic E-state index is 4.10. The second-order valence-electron chi connectivity index (χ2n) is 4.11. The van der Waals surface area contributed by atoms with Gasteiger partial charge in [0.2, 0.25) is 0 Å². The predicted octanol–water partition coefficient (Wildman–Crippen LogP) is 4.22. The van der Waals surface area contributed by atoms with Gasteiger partial charge in [-0.15, -0.1) is 0 Å². The topological polar surface area (TPSA) is 25.8 Å². The van der Waals surface area contributed by atoms with Crippen molar-refractivity contribution in [2.45, 2.75) is 0 Å². The molecule has 1 heterocycles. The van der Waals surface area contributed by atoms with Gasteiger partial charge in [-0.05, 0) is 16.7 Å². The molecule has 2 heteroatoms. The molecule has 0 spiro atoms. The Kier molecular flexibility index (Phi) is 5.23. The van der Waals surface area contributed by atoms with Crippen molar-refractivity contribution < 1.29 is 0 Å². The molecule has 0 bridgehead atoms. The Bertz CT molecular complexity index is 551. The van der Waals surface area contributed by atoms with Gasteiger partial charge < -0.3 is 0 Å². The van der Waals surface area contributed by atoms with Crippen LogP contribution in [-0.2, 0) is 0 Å². The van der Waals surface area contributed by atoms with E-state index in [0.29, 0.717) is 0 Å². The number of hydrogen-bond acceptors (Lipinski definition) is 2. The maximum absolute atomic E-state index is 4.10. The van der Waals surface area contributed by atoms with E-state index in [4.69, 9.17) is 0 Å². The molecule has 0 unspecified atom stereocenters. The molecule has 0 radical (unpaired) electrons. The molecular formula is C18H16N2. The molecule has 0 aliphatic rings. The molecule has 1 aromatic heterocycles. The van der Waals surface area contributed by atoms with Crippen LogP contribution >= 0.6 is 0 Å². The van der Waals surface area contributed by atoms with E-state index in [2.05, 4.69) is 40.8 Å². The summed E-state index contributed by atoms with van der Waals surface area (Å²) in [5, 5.41) is 0.